The molecular weight excluding hydrogens is 226 g/mol. The first-order valence-corrected chi connectivity index (χ1v) is 6.08. The Labute approximate surface area is 99.4 Å². The predicted octanol–water partition coefficient (Wildman–Crippen LogP) is 1.39. The van der Waals surface area contributed by atoms with Crippen LogP contribution in [0.4, 0.5) is 0 Å². The summed E-state index contributed by atoms with van der Waals surface area (Å²) in [4.78, 5) is 0. The van der Waals surface area contributed by atoms with Crippen LogP contribution in [0.2, 0.25) is 0 Å². The van der Waals surface area contributed by atoms with Crippen LogP contribution in [0.1, 0.15) is 31.5 Å². The van der Waals surface area contributed by atoms with E-state index in [1.165, 1.54) is 25.7 Å². The lowest BCUT2D eigenvalue weighted by atomic mass is 10.3. The van der Waals surface area contributed by atoms with Gasteiger partial charge in [0.15, 0.2) is 10.6 Å². The summed E-state index contributed by atoms with van der Waals surface area (Å²) in [6.07, 6.45) is 5.31. The van der Waals surface area contributed by atoms with Crippen molar-refractivity contribution in [1.82, 2.24) is 14.8 Å². The predicted molar refractivity (Wildman–Crippen MR) is 61.5 cm³/mol. The number of ether oxygens (including phenoxy) is 1. The van der Waals surface area contributed by atoms with Gasteiger partial charge in [-0.3, -0.25) is 9.67 Å². The molecule has 0 unspecified atom stereocenters. The molecule has 1 saturated carbocycles. The molecule has 1 fully saturated rings. The molecular formula is C10H17N3O2S. The summed E-state index contributed by atoms with van der Waals surface area (Å²) in [5, 5.41) is 15.6. The van der Waals surface area contributed by atoms with Crippen molar-refractivity contribution >= 4 is 12.2 Å². The van der Waals surface area contributed by atoms with Gasteiger partial charge in [-0.05, 0) is 25.1 Å². The largest absolute Gasteiger partial charge is 0.388 e. The van der Waals surface area contributed by atoms with Crippen molar-refractivity contribution in [3.8, 4) is 0 Å². The molecule has 90 valence electrons. The first kappa shape index (κ1) is 11.8. The van der Waals surface area contributed by atoms with E-state index < -0.39 is 0 Å². The van der Waals surface area contributed by atoms with E-state index in [9.17, 15) is 0 Å². The van der Waals surface area contributed by atoms with Crippen LogP contribution in [-0.2, 0) is 17.9 Å². The Morgan fingerprint density at radius 1 is 1.50 bits per heavy atom. The van der Waals surface area contributed by atoms with Crippen molar-refractivity contribution in [2.45, 2.75) is 44.9 Å². The lowest BCUT2D eigenvalue weighted by Gasteiger charge is -2.11. The summed E-state index contributed by atoms with van der Waals surface area (Å²) in [6.45, 7) is 1.18. The Bertz CT molecular complexity index is 382. The number of hydrogen-bond donors (Lipinski definition) is 2. The fourth-order valence-electron chi connectivity index (χ4n) is 2.07. The van der Waals surface area contributed by atoms with E-state index in [-0.39, 0.29) is 6.61 Å². The van der Waals surface area contributed by atoms with Gasteiger partial charge in [-0.1, -0.05) is 12.8 Å². The molecule has 16 heavy (non-hydrogen) atoms. The highest BCUT2D eigenvalue weighted by Crippen LogP contribution is 2.20. The number of aliphatic hydroxyl groups is 1. The minimum absolute atomic E-state index is 0.101. The normalized spacial score (nSPS) is 17.1. The highest BCUT2D eigenvalue weighted by Gasteiger charge is 2.15. The lowest BCUT2D eigenvalue weighted by molar-refractivity contribution is 0.0519. The Morgan fingerprint density at radius 2 is 2.25 bits per heavy atom. The summed E-state index contributed by atoms with van der Waals surface area (Å²) in [7, 11) is 0. The molecule has 6 heteroatoms. The van der Waals surface area contributed by atoms with Gasteiger partial charge in [0, 0.05) is 0 Å². The SMILES string of the molecule is OCc1n[nH]c(=S)n1CCOC1CCCC1. The van der Waals surface area contributed by atoms with Crippen LogP contribution in [0, 0.1) is 4.77 Å². The molecule has 1 heterocycles. The highest BCUT2D eigenvalue weighted by atomic mass is 32.1. The molecule has 2 rings (SSSR count). The zero-order chi connectivity index (χ0) is 11.4. The first-order chi connectivity index (χ1) is 7.81. The molecule has 2 N–H and O–H groups in total. The summed E-state index contributed by atoms with van der Waals surface area (Å²) in [5.41, 5.74) is 0. The van der Waals surface area contributed by atoms with Crippen molar-refractivity contribution in [3.63, 3.8) is 0 Å². The molecule has 0 spiro atoms. The van der Waals surface area contributed by atoms with E-state index in [0.717, 1.165) is 0 Å². The Hall–Kier alpha value is -0.720. The van der Waals surface area contributed by atoms with E-state index >= 15 is 0 Å². The Morgan fingerprint density at radius 3 is 2.94 bits per heavy atom. The molecule has 1 aromatic rings. The molecule has 0 amide bonds. The third-order valence-electron chi connectivity index (χ3n) is 2.95. The van der Waals surface area contributed by atoms with Crippen LogP contribution < -0.4 is 0 Å². The topological polar surface area (TPSA) is 63.1 Å². The summed E-state index contributed by atoms with van der Waals surface area (Å²) < 4.78 is 8.06. The van der Waals surface area contributed by atoms with Crippen LogP contribution in [0.3, 0.4) is 0 Å². The average molecular weight is 243 g/mol. The number of hydrogen-bond acceptors (Lipinski definition) is 4. The van der Waals surface area contributed by atoms with Gasteiger partial charge in [0.25, 0.3) is 0 Å². The molecule has 1 aliphatic carbocycles. The van der Waals surface area contributed by atoms with Gasteiger partial charge in [-0.2, -0.15) is 5.10 Å². The molecule has 0 aromatic carbocycles. The van der Waals surface area contributed by atoms with E-state index in [1.54, 1.807) is 4.57 Å². The lowest BCUT2D eigenvalue weighted by Crippen LogP contribution is -2.14. The van der Waals surface area contributed by atoms with Gasteiger partial charge < -0.3 is 9.84 Å². The summed E-state index contributed by atoms with van der Waals surface area (Å²) in [5.74, 6) is 0.569. The van der Waals surface area contributed by atoms with Gasteiger partial charge in [0.05, 0.1) is 19.3 Å². The second-order valence-corrected chi connectivity index (χ2v) is 4.42. The fourth-order valence-corrected chi connectivity index (χ4v) is 2.31. The fraction of sp³-hybridized carbons (Fsp3) is 0.800. The maximum Gasteiger partial charge on any atom is 0.195 e. The van der Waals surface area contributed by atoms with Crippen LogP contribution in [0.25, 0.3) is 0 Å². The molecule has 0 radical (unpaired) electrons. The first-order valence-electron chi connectivity index (χ1n) is 5.68. The van der Waals surface area contributed by atoms with E-state index in [1.807, 2.05) is 0 Å². The Kier molecular flexibility index (Phi) is 4.09. The molecule has 5 nitrogen and oxygen atoms in total. The minimum Gasteiger partial charge on any atom is -0.388 e. The molecule has 0 atom stereocenters. The number of rotatable bonds is 5. The number of aromatic nitrogens is 3. The van der Waals surface area contributed by atoms with Gasteiger partial charge in [0.2, 0.25) is 0 Å². The van der Waals surface area contributed by atoms with E-state index in [2.05, 4.69) is 10.2 Å². The van der Waals surface area contributed by atoms with E-state index in [0.29, 0.717) is 29.9 Å². The maximum absolute atomic E-state index is 9.05. The van der Waals surface area contributed by atoms with Crippen molar-refractivity contribution in [3.05, 3.63) is 10.6 Å². The number of nitrogens with one attached hydrogen (secondary N) is 1. The second kappa shape index (κ2) is 5.56. The molecule has 0 bridgehead atoms. The summed E-state index contributed by atoms with van der Waals surface area (Å²) >= 11 is 5.07. The van der Waals surface area contributed by atoms with Crippen molar-refractivity contribution in [1.29, 1.82) is 0 Å². The van der Waals surface area contributed by atoms with E-state index in [4.69, 9.17) is 22.1 Å². The summed E-state index contributed by atoms with van der Waals surface area (Å²) in [6, 6.07) is 0. The van der Waals surface area contributed by atoms with Crippen molar-refractivity contribution in [2.75, 3.05) is 6.61 Å². The third-order valence-corrected chi connectivity index (χ3v) is 3.26. The number of nitrogens with zero attached hydrogens (tertiary/aromatic N) is 2. The van der Waals surface area contributed by atoms with Crippen LogP contribution in [0.15, 0.2) is 0 Å². The third kappa shape index (κ3) is 2.69. The highest BCUT2D eigenvalue weighted by molar-refractivity contribution is 7.71. The van der Waals surface area contributed by atoms with Crippen LogP contribution in [0.5, 0.6) is 0 Å². The minimum atomic E-state index is -0.101. The molecule has 1 aliphatic rings. The van der Waals surface area contributed by atoms with Gasteiger partial charge in [0.1, 0.15) is 6.61 Å². The average Bonchev–Trinajstić information content (AvgIpc) is 2.90. The maximum atomic E-state index is 9.05. The van der Waals surface area contributed by atoms with Gasteiger partial charge >= 0.3 is 0 Å². The number of aromatic amines is 1. The van der Waals surface area contributed by atoms with Gasteiger partial charge in [-0.25, -0.2) is 0 Å². The quantitative estimate of drug-likeness (QED) is 0.767. The Balaban J connectivity index is 1.84. The van der Waals surface area contributed by atoms with Crippen LogP contribution in [-0.4, -0.2) is 32.6 Å². The standard InChI is InChI=1S/C10H17N3O2S/c14-7-9-11-12-10(16)13(9)5-6-15-8-3-1-2-4-8/h8,14H,1-7H2,(H,12,16). The second-order valence-electron chi connectivity index (χ2n) is 4.03. The monoisotopic (exact) mass is 243 g/mol. The molecule has 1 aromatic heterocycles. The van der Waals surface area contributed by atoms with Crippen molar-refractivity contribution in [2.24, 2.45) is 0 Å². The zero-order valence-electron chi connectivity index (χ0n) is 9.19. The zero-order valence-corrected chi connectivity index (χ0v) is 10.0. The van der Waals surface area contributed by atoms with Gasteiger partial charge in [-0.15, -0.1) is 0 Å². The smallest absolute Gasteiger partial charge is 0.195 e. The molecule has 0 saturated heterocycles. The molecule has 0 aliphatic heterocycles. The number of aliphatic hydroxyl groups excluding tert-OH is 1. The number of H-pyrrole nitrogens is 1. The van der Waals surface area contributed by atoms with Crippen molar-refractivity contribution < 1.29 is 9.84 Å². The van der Waals surface area contributed by atoms with Crippen LogP contribution >= 0.6 is 12.2 Å².